The smallest absolute Gasteiger partial charge is 0.271 e. The fourth-order valence-corrected chi connectivity index (χ4v) is 1.80. The van der Waals surface area contributed by atoms with Crippen LogP contribution in [0.15, 0.2) is 53.6 Å². The zero-order valence-corrected chi connectivity index (χ0v) is 13.1. The summed E-state index contributed by atoms with van der Waals surface area (Å²) >= 11 is 0. The van der Waals surface area contributed by atoms with Crippen molar-refractivity contribution < 1.29 is 19.1 Å². The number of ether oxygens (including phenoxy) is 2. The maximum Gasteiger partial charge on any atom is 0.271 e. The Bertz CT molecular complexity index is 742. The van der Waals surface area contributed by atoms with Crippen LogP contribution in [-0.4, -0.2) is 31.7 Å². The molecule has 2 aromatic rings. The van der Waals surface area contributed by atoms with E-state index in [0.29, 0.717) is 17.1 Å². The first-order valence-corrected chi connectivity index (χ1v) is 7.07. The number of nitrogens with one attached hydrogen (secondary N) is 1. The minimum absolute atomic E-state index is 0.177. The van der Waals surface area contributed by atoms with Crippen molar-refractivity contribution in [2.75, 3.05) is 13.7 Å². The molecule has 0 aliphatic carbocycles. The molecule has 0 fully saturated rings. The Morgan fingerprint density at radius 1 is 1.17 bits per heavy atom. The minimum atomic E-state index is -0.541. The summed E-state index contributed by atoms with van der Waals surface area (Å²) in [6.45, 7) is -0.177. The Morgan fingerprint density at radius 3 is 2.58 bits per heavy atom. The summed E-state index contributed by atoms with van der Waals surface area (Å²) in [6.07, 6.45) is 1.50. The number of nitrogens with zero attached hydrogens (tertiary/aromatic N) is 1. The highest BCUT2D eigenvalue weighted by atomic mass is 16.5. The van der Waals surface area contributed by atoms with Gasteiger partial charge in [-0.15, -0.1) is 0 Å². The Morgan fingerprint density at radius 2 is 1.92 bits per heavy atom. The van der Waals surface area contributed by atoms with Crippen LogP contribution in [0.4, 0.5) is 0 Å². The summed E-state index contributed by atoms with van der Waals surface area (Å²) in [7, 11) is 1.53. The van der Waals surface area contributed by atoms with Gasteiger partial charge in [0.1, 0.15) is 11.5 Å². The molecule has 0 aliphatic heterocycles. The first kappa shape index (κ1) is 17.0. The molecule has 0 saturated carbocycles. The normalized spacial score (nSPS) is 10.4. The molecule has 7 heteroatoms. The van der Waals surface area contributed by atoms with Crippen LogP contribution in [0.5, 0.6) is 11.5 Å². The molecule has 0 heterocycles. The van der Waals surface area contributed by atoms with Gasteiger partial charge in [0, 0.05) is 5.56 Å². The van der Waals surface area contributed by atoms with E-state index in [1.807, 2.05) is 0 Å². The molecular weight excluding hydrogens is 310 g/mol. The summed E-state index contributed by atoms with van der Waals surface area (Å²) in [5, 5.41) is 3.90. The number of carbonyl (C=O) groups excluding carboxylic acids is 2. The second kappa shape index (κ2) is 8.33. The number of hydrogen-bond acceptors (Lipinski definition) is 5. The number of hydrazone groups is 1. The van der Waals surface area contributed by atoms with Crippen molar-refractivity contribution in [3.8, 4) is 11.5 Å². The van der Waals surface area contributed by atoms with Crippen LogP contribution in [0.1, 0.15) is 15.9 Å². The number of hydrogen-bond donors (Lipinski definition) is 2. The third kappa shape index (κ3) is 5.13. The van der Waals surface area contributed by atoms with Crippen molar-refractivity contribution in [3.63, 3.8) is 0 Å². The second-order valence-electron chi connectivity index (χ2n) is 4.76. The van der Waals surface area contributed by atoms with Gasteiger partial charge in [0.05, 0.1) is 13.3 Å². The lowest BCUT2D eigenvalue weighted by atomic mass is 10.2. The van der Waals surface area contributed by atoms with Gasteiger partial charge in [-0.25, -0.2) is 5.43 Å². The first-order valence-electron chi connectivity index (χ1n) is 7.07. The van der Waals surface area contributed by atoms with Crippen molar-refractivity contribution in [3.05, 3.63) is 59.7 Å². The molecule has 2 aromatic carbocycles. The van der Waals surface area contributed by atoms with E-state index in [2.05, 4.69) is 10.5 Å². The van der Waals surface area contributed by atoms with Crippen LogP contribution < -0.4 is 20.6 Å². The van der Waals surface area contributed by atoms with Crippen molar-refractivity contribution in [2.24, 2.45) is 10.8 Å². The highest BCUT2D eigenvalue weighted by Crippen LogP contribution is 2.12. The maximum atomic E-state index is 12.0. The third-order valence-electron chi connectivity index (χ3n) is 2.97. The molecule has 0 bridgehead atoms. The lowest BCUT2D eigenvalue weighted by Gasteiger charge is -2.04. The predicted molar refractivity (Wildman–Crippen MR) is 89.2 cm³/mol. The zero-order chi connectivity index (χ0) is 17.4. The molecule has 0 unspecified atom stereocenters. The van der Waals surface area contributed by atoms with E-state index in [4.69, 9.17) is 15.2 Å². The molecule has 0 radical (unpaired) electrons. The molecule has 7 nitrogen and oxygen atoms in total. The Labute approximate surface area is 139 Å². The molecule has 3 N–H and O–H groups in total. The first-order chi connectivity index (χ1) is 11.6. The number of benzene rings is 2. The van der Waals surface area contributed by atoms with E-state index in [0.717, 1.165) is 5.56 Å². The molecule has 0 spiro atoms. The quantitative estimate of drug-likeness (QED) is 0.591. The predicted octanol–water partition coefficient (Wildman–Crippen LogP) is 1.32. The van der Waals surface area contributed by atoms with Gasteiger partial charge in [-0.1, -0.05) is 6.07 Å². The van der Waals surface area contributed by atoms with E-state index in [1.165, 1.54) is 13.3 Å². The molecule has 2 amide bonds. The lowest BCUT2D eigenvalue weighted by Crippen LogP contribution is -2.20. The number of rotatable bonds is 7. The van der Waals surface area contributed by atoms with Gasteiger partial charge in [-0.05, 0) is 48.0 Å². The van der Waals surface area contributed by atoms with Crippen LogP contribution in [-0.2, 0) is 4.79 Å². The van der Waals surface area contributed by atoms with Gasteiger partial charge in [-0.2, -0.15) is 5.10 Å². The van der Waals surface area contributed by atoms with Crippen LogP contribution in [0.25, 0.3) is 0 Å². The van der Waals surface area contributed by atoms with E-state index in [1.54, 1.807) is 48.5 Å². The number of primary amides is 1. The SMILES string of the molecule is COc1cccc(C(=O)NN=Cc2ccc(OCC(N)=O)cc2)c1. The second-order valence-corrected chi connectivity index (χ2v) is 4.76. The topological polar surface area (TPSA) is 103 Å². The molecule has 0 aliphatic rings. The van der Waals surface area contributed by atoms with Gasteiger partial charge in [0.2, 0.25) is 0 Å². The molecule has 2 rings (SSSR count). The third-order valence-corrected chi connectivity index (χ3v) is 2.97. The average Bonchev–Trinajstić information content (AvgIpc) is 2.61. The molecule has 0 aromatic heterocycles. The van der Waals surface area contributed by atoms with Crippen molar-refractivity contribution >= 4 is 18.0 Å². The molecule has 0 saturated heterocycles. The molecule has 24 heavy (non-hydrogen) atoms. The molecular formula is C17H17N3O4. The van der Waals surface area contributed by atoms with Crippen molar-refractivity contribution in [1.29, 1.82) is 0 Å². The van der Waals surface area contributed by atoms with Crippen LogP contribution >= 0.6 is 0 Å². The minimum Gasteiger partial charge on any atom is -0.497 e. The Hall–Kier alpha value is -3.35. The number of carbonyl (C=O) groups is 2. The van der Waals surface area contributed by atoms with Crippen LogP contribution in [0.3, 0.4) is 0 Å². The summed E-state index contributed by atoms with van der Waals surface area (Å²) in [5.41, 5.74) is 8.64. The van der Waals surface area contributed by atoms with Gasteiger partial charge < -0.3 is 15.2 Å². The van der Waals surface area contributed by atoms with E-state index in [9.17, 15) is 9.59 Å². The zero-order valence-electron chi connectivity index (χ0n) is 13.1. The van der Waals surface area contributed by atoms with Crippen LogP contribution in [0.2, 0.25) is 0 Å². The van der Waals surface area contributed by atoms with Gasteiger partial charge in [-0.3, -0.25) is 9.59 Å². The van der Waals surface area contributed by atoms with Gasteiger partial charge >= 0.3 is 0 Å². The average molecular weight is 327 g/mol. The standard InChI is InChI=1S/C17H17N3O4/c1-23-15-4-2-3-13(9-15)17(22)20-19-10-12-5-7-14(8-6-12)24-11-16(18)21/h2-10H,11H2,1H3,(H2,18,21)(H,20,22). The molecule has 124 valence electrons. The molecule has 0 atom stereocenters. The number of nitrogens with two attached hydrogens (primary N) is 1. The maximum absolute atomic E-state index is 12.0. The van der Waals surface area contributed by atoms with E-state index in [-0.39, 0.29) is 12.5 Å². The summed E-state index contributed by atoms with van der Waals surface area (Å²) < 4.78 is 10.2. The highest BCUT2D eigenvalue weighted by molar-refractivity contribution is 5.95. The highest BCUT2D eigenvalue weighted by Gasteiger charge is 2.05. The van der Waals surface area contributed by atoms with Crippen molar-refractivity contribution in [2.45, 2.75) is 0 Å². The number of amides is 2. The lowest BCUT2D eigenvalue weighted by molar-refractivity contribution is -0.119. The monoisotopic (exact) mass is 327 g/mol. The summed E-state index contributed by atoms with van der Waals surface area (Å²) in [6, 6.07) is 13.6. The number of methoxy groups -OCH3 is 1. The van der Waals surface area contributed by atoms with E-state index >= 15 is 0 Å². The summed E-state index contributed by atoms with van der Waals surface area (Å²) in [5.74, 6) is 0.233. The fourth-order valence-electron chi connectivity index (χ4n) is 1.80. The van der Waals surface area contributed by atoms with Gasteiger partial charge in [0.25, 0.3) is 11.8 Å². The van der Waals surface area contributed by atoms with Crippen molar-refractivity contribution in [1.82, 2.24) is 5.43 Å². The Balaban J connectivity index is 1.91. The summed E-state index contributed by atoms with van der Waals surface area (Å²) in [4.78, 5) is 22.6. The van der Waals surface area contributed by atoms with E-state index < -0.39 is 5.91 Å². The fraction of sp³-hybridized carbons (Fsp3) is 0.118. The van der Waals surface area contributed by atoms with Gasteiger partial charge in [0.15, 0.2) is 6.61 Å². The largest absolute Gasteiger partial charge is 0.497 e. The van der Waals surface area contributed by atoms with Crippen LogP contribution in [0, 0.1) is 0 Å². The Kier molecular flexibility index (Phi) is 5.90.